The smallest absolute Gasteiger partial charge is 0.359 e. The van der Waals surface area contributed by atoms with Crippen molar-refractivity contribution < 1.29 is 53.2 Å². The van der Waals surface area contributed by atoms with E-state index < -0.39 is 17.9 Å². The molecule has 1 atom stereocenters. The molecule has 3 aromatic rings. The summed E-state index contributed by atoms with van der Waals surface area (Å²) in [5.41, 5.74) is 3.22. The number of pyridine rings is 2. The van der Waals surface area contributed by atoms with E-state index in [1.54, 1.807) is 20.4 Å². The zero-order chi connectivity index (χ0) is 57.0. The highest BCUT2D eigenvalue weighted by Crippen LogP contribution is 2.45. The summed E-state index contributed by atoms with van der Waals surface area (Å²) in [6.07, 6.45) is 28.4. The fourth-order valence-electron chi connectivity index (χ4n) is 11.4. The van der Waals surface area contributed by atoms with Crippen molar-refractivity contribution in [3.8, 4) is 11.6 Å². The van der Waals surface area contributed by atoms with Gasteiger partial charge in [0.15, 0.2) is 13.1 Å². The topological polar surface area (TPSA) is 209 Å². The number of benzene rings is 1. The zero-order valence-electron chi connectivity index (χ0n) is 48.7. The first kappa shape index (κ1) is 64.1. The van der Waals surface area contributed by atoms with Crippen LogP contribution in [-0.4, -0.2) is 126 Å². The monoisotopic (exact) mass is 1100 g/mol. The van der Waals surface area contributed by atoms with Gasteiger partial charge in [0.25, 0.3) is 5.91 Å². The molecule has 0 spiro atoms. The van der Waals surface area contributed by atoms with Gasteiger partial charge >= 0.3 is 17.9 Å². The summed E-state index contributed by atoms with van der Waals surface area (Å²) in [4.78, 5) is 74.6. The van der Waals surface area contributed by atoms with Gasteiger partial charge in [0.05, 0.1) is 45.0 Å². The number of nitrogens with one attached hydrogen (secondary N) is 1. The van der Waals surface area contributed by atoms with E-state index in [2.05, 4.69) is 29.0 Å². The molecule has 0 bridgehead atoms. The Kier molecular flexibility index (Phi) is 27.4. The molecule has 5 rings (SSSR count). The maximum Gasteiger partial charge on any atom is 0.359 e. The van der Waals surface area contributed by atoms with Crippen LogP contribution >= 0.6 is 0 Å². The molecule has 438 valence electrons. The number of unbranched alkanes of at least 4 members (excludes halogenated alkanes) is 16. The van der Waals surface area contributed by atoms with Crippen LogP contribution in [0.2, 0.25) is 0 Å². The molecular formula is C63H97N6O10+. The number of hydrogen-bond donors (Lipinski definition) is 4. The number of anilines is 2. The van der Waals surface area contributed by atoms with Crippen LogP contribution in [0.1, 0.15) is 202 Å². The van der Waals surface area contributed by atoms with Crippen molar-refractivity contribution in [2.75, 3.05) is 76.4 Å². The number of methoxy groups -OCH3 is 1. The lowest BCUT2D eigenvalue weighted by Gasteiger charge is -2.36. The van der Waals surface area contributed by atoms with Gasteiger partial charge in [0.1, 0.15) is 11.6 Å². The second-order valence-electron chi connectivity index (χ2n) is 23.9. The normalized spacial score (nSPS) is 14.4. The van der Waals surface area contributed by atoms with E-state index in [0.717, 1.165) is 87.8 Å². The minimum atomic E-state index is -1.03. The first-order valence-electron chi connectivity index (χ1n) is 30.0. The number of carboxylic acids is 3. The van der Waals surface area contributed by atoms with Crippen LogP contribution in [0.4, 0.5) is 11.5 Å². The number of carbonyl (C=O) groups is 5. The minimum Gasteiger partial charge on any atom is -0.497 e. The van der Waals surface area contributed by atoms with Gasteiger partial charge in [-0.2, -0.15) is 0 Å². The highest BCUT2D eigenvalue weighted by Gasteiger charge is 2.35. The lowest BCUT2D eigenvalue weighted by Crippen LogP contribution is -2.52. The number of aliphatic carboxylic acids is 3. The van der Waals surface area contributed by atoms with E-state index >= 15 is 0 Å². The average molecular weight is 1100 g/mol. The van der Waals surface area contributed by atoms with Crippen molar-refractivity contribution >= 4 is 41.2 Å². The number of piperidine rings is 1. The van der Waals surface area contributed by atoms with Crippen LogP contribution in [0.5, 0.6) is 11.6 Å². The molecule has 2 aromatic heterocycles. The van der Waals surface area contributed by atoms with E-state index in [9.17, 15) is 29.1 Å². The van der Waals surface area contributed by atoms with Crippen molar-refractivity contribution in [3.05, 3.63) is 71.5 Å². The molecule has 3 heterocycles. The molecule has 1 aromatic carbocycles. The van der Waals surface area contributed by atoms with Gasteiger partial charge < -0.3 is 39.5 Å². The van der Waals surface area contributed by atoms with Gasteiger partial charge in [0, 0.05) is 63.0 Å². The Morgan fingerprint density at radius 3 is 1.91 bits per heavy atom. The molecule has 2 fully saturated rings. The Balaban J connectivity index is 0.941. The summed E-state index contributed by atoms with van der Waals surface area (Å²) in [5, 5.41) is 30.7. The predicted octanol–water partition coefficient (Wildman–Crippen LogP) is 12.3. The lowest BCUT2D eigenvalue weighted by atomic mass is 9.85. The van der Waals surface area contributed by atoms with E-state index in [4.69, 9.17) is 24.7 Å². The Morgan fingerprint density at radius 1 is 0.759 bits per heavy atom. The van der Waals surface area contributed by atoms with E-state index in [-0.39, 0.29) is 47.1 Å². The molecule has 16 nitrogen and oxygen atoms in total. The molecule has 1 aliphatic heterocycles. The summed E-state index contributed by atoms with van der Waals surface area (Å²) in [5.74, 6) is -0.281. The van der Waals surface area contributed by atoms with Gasteiger partial charge in [-0.3, -0.25) is 19.3 Å². The first-order valence-corrected chi connectivity index (χ1v) is 30.0. The molecule has 1 aliphatic carbocycles. The third kappa shape index (κ3) is 24.2. The molecule has 4 N–H and O–H groups in total. The van der Waals surface area contributed by atoms with Gasteiger partial charge in [-0.15, -0.1) is 0 Å². The summed E-state index contributed by atoms with van der Waals surface area (Å²) >= 11 is 0. The summed E-state index contributed by atoms with van der Waals surface area (Å²) in [6.45, 7) is 9.38. The van der Waals surface area contributed by atoms with Crippen molar-refractivity contribution in [2.24, 2.45) is 17.3 Å². The third-order valence-electron chi connectivity index (χ3n) is 16.1. The van der Waals surface area contributed by atoms with Gasteiger partial charge in [0.2, 0.25) is 11.8 Å². The molecule has 79 heavy (non-hydrogen) atoms. The number of amides is 2. The molecular weight excluding hydrogens is 1000 g/mol. The zero-order valence-corrected chi connectivity index (χ0v) is 48.7. The fourth-order valence-corrected chi connectivity index (χ4v) is 11.4. The molecule has 0 unspecified atom stereocenters. The minimum absolute atomic E-state index is 0.000269. The van der Waals surface area contributed by atoms with E-state index in [1.165, 1.54) is 83.5 Å². The Morgan fingerprint density at radius 2 is 1.35 bits per heavy atom. The van der Waals surface area contributed by atoms with Gasteiger partial charge in [-0.1, -0.05) is 123 Å². The molecule has 16 heteroatoms. The number of rotatable bonds is 41. The van der Waals surface area contributed by atoms with Crippen LogP contribution in [0.15, 0.2) is 54.7 Å². The Bertz CT molecular complexity index is 2330. The maximum atomic E-state index is 15.0. The van der Waals surface area contributed by atoms with Crippen LogP contribution in [-0.2, 0) is 19.2 Å². The summed E-state index contributed by atoms with van der Waals surface area (Å²) in [7, 11) is 3.28. The molecule has 1 saturated carbocycles. The van der Waals surface area contributed by atoms with Crippen molar-refractivity contribution in [1.29, 1.82) is 0 Å². The average Bonchev–Trinajstić information content (AvgIpc) is 4.30. The highest BCUT2D eigenvalue weighted by atomic mass is 16.5. The summed E-state index contributed by atoms with van der Waals surface area (Å²) < 4.78 is 11.9. The number of carboxylic acid groups (broad SMARTS) is 3. The lowest BCUT2D eigenvalue weighted by molar-refractivity contribution is -0.895. The van der Waals surface area contributed by atoms with Gasteiger partial charge in [-0.05, 0) is 105 Å². The van der Waals surface area contributed by atoms with E-state index in [1.807, 2.05) is 60.4 Å². The second kappa shape index (κ2) is 33.7. The molecule has 0 radical (unpaired) electrons. The number of nitrogens with zero attached hydrogens (tertiary/aromatic N) is 5. The maximum absolute atomic E-state index is 15.0. The number of aromatic nitrogens is 2. The predicted molar refractivity (Wildman–Crippen MR) is 311 cm³/mol. The molecule has 2 aliphatic rings. The quantitative estimate of drug-likeness (QED) is 0.0308. The van der Waals surface area contributed by atoms with Crippen LogP contribution in [0.3, 0.4) is 0 Å². The van der Waals surface area contributed by atoms with Crippen molar-refractivity contribution in [3.63, 3.8) is 0 Å². The van der Waals surface area contributed by atoms with E-state index in [0.29, 0.717) is 73.9 Å². The SMILES string of the molecule is COc1ccc(C(=O)N(CC(C)(C)CCCCCCCCCCCCCCCCCCCC(=O)NCCC[N+](C)(CC(=O)O)CC(=O)O)c2cccc(C)n2)c(N2CCC(COc3cc([C@@H](CC(=O)O)C4CC4)ccn3)CC2)c1. The van der Waals surface area contributed by atoms with Crippen LogP contribution in [0, 0.1) is 24.2 Å². The number of aryl methyl sites for hydroxylation is 1. The fraction of sp³-hybridized carbons (Fsp3) is 0.667. The third-order valence-corrected chi connectivity index (χ3v) is 16.1. The Hall–Kier alpha value is -5.77. The molecule has 2 amide bonds. The van der Waals surface area contributed by atoms with Gasteiger partial charge in [-0.25, -0.2) is 19.6 Å². The second-order valence-corrected chi connectivity index (χ2v) is 23.9. The van der Waals surface area contributed by atoms with Crippen LogP contribution in [0.25, 0.3) is 0 Å². The number of carbonyl (C=O) groups excluding carboxylic acids is 2. The Labute approximate surface area is 472 Å². The summed E-state index contributed by atoms with van der Waals surface area (Å²) in [6, 6.07) is 15.5. The number of hydrogen-bond acceptors (Lipinski definition) is 10. The first-order chi connectivity index (χ1) is 37.9. The van der Waals surface area contributed by atoms with Crippen molar-refractivity contribution in [2.45, 2.75) is 187 Å². The number of ether oxygens (including phenoxy) is 2. The highest BCUT2D eigenvalue weighted by molar-refractivity contribution is 6.09. The number of quaternary nitrogens is 1. The van der Waals surface area contributed by atoms with Crippen LogP contribution < -0.4 is 24.6 Å². The molecule has 1 saturated heterocycles. The largest absolute Gasteiger partial charge is 0.497 e. The standard InChI is InChI=1S/C63H96N6O10/c1-48-25-23-26-56(66-48)68(62(77)53-31-30-52(78-5)42-55(53)67-38-33-49(34-39-67)46-79-58-41-51(32-37-65-58)54(43-59(71)72)50-28-29-50)47-63(2,3)35-22-20-18-16-14-12-10-8-6-7-9-11-13-15-17-19-21-27-57(70)64-36-24-40-69(4,44-60(73)74)45-61(75)76/h23,25-26,30-32,37,41-42,49-50,54H,6-22,24,27-29,33-36,38-40,43-47H2,1-5H3,(H3-,64,70,71,72,73,74,75,76)/p+1/t54-/m0/s1. The van der Waals surface area contributed by atoms with Crippen molar-refractivity contribution in [1.82, 2.24) is 15.3 Å². The number of likely N-dealkylation sites (N-methyl/N-ethyl adjacent to an activating group) is 1.